The second kappa shape index (κ2) is 3.15. The van der Waals surface area contributed by atoms with E-state index in [1.54, 1.807) is 0 Å². The zero-order valence-corrected chi connectivity index (χ0v) is 7.09. The van der Waals surface area contributed by atoms with Crippen molar-refractivity contribution >= 4 is 5.69 Å². The fourth-order valence-corrected chi connectivity index (χ4v) is 1.78. The topological polar surface area (TPSA) is 38.0 Å². The lowest BCUT2D eigenvalue weighted by molar-refractivity contribution is 0.650. The Morgan fingerprint density at radius 2 is 2.17 bits per heavy atom. The molecule has 64 valence electrons. The van der Waals surface area contributed by atoms with Gasteiger partial charge in [0, 0.05) is 11.7 Å². The van der Waals surface area contributed by atoms with Gasteiger partial charge in [-0.05, 0) is 31.0 Å². The lowest BCUT2D eigenvalue weighted by atomic mass is 10.0. The van der Waals surface area contributed by atoms with Crippen LogP contribution in [0.1, 0.15) is 24.4 Å². The first-order valence-corrected chi connectivity index (χ1v) is 4.46. The predicted octanol–water partition coefficient (Wildman–Crippen LogP) is 1.69. The van der Waals surface area contributed by atoms with Crippen LogP contribution in [-0.2, 0) is 0 Å². The van der Waals surface area contributed by atoms with Crippen LogP contribution in [0.2, 0.25) is 0 Å². The van der Waals surface area contributed by atoms with E-state index in [1.165, 1.54) is 18.4 Å². The summed E-state index contributed by atoms with van der Waals surface area (Å²) in [7, 11) is 0. The Morgan fingerprint density at radius 1 is 1.33 bits per heavy atom. The third-order valence-corrected chi connectivity index (χ3v) is 2.43. The summed E-state index contributed by atoms with van der Waals surface area (Å²) in [4.78, 5) is 0. The van der Waals surface area contributed by atoms with Gasteiger partial charge in [-0.1, -0.05) is 18.2 Å². The van der Waals surface area contributed by atoms with Crippen LogP contribution in [0, 0.1) is 0 Å². The van der Waals surface area contributed by atoms with Crippen molar-refractivity contribution in [3.8, 4) is 0 Å². The largest absolute Gasteiger partial charge is 0.398 e. The second-order valence-corrected chi connectivity index (χ2v) is 3.28. The maximum absolute atomic E-state index is 5.86. The Balaban J connectivity index is 2.26. The van der Waals surface area contributed by atoms with Crippen molar-refractivity contribution < 1.29 is 0 Å². The number of hydrogen-bond donors (Lipinski definition) is 2. The van der Waals surface area contributed by atoms with Crippen LogP contribution in [0.15, 0.2) is 24.3 Å². The van der Waals surface area contributed by atoms with Gasteiger partial charge >= 0.3 is 0 Å². The predicted molar refractivity (Wildman–Crippen MR) is 50.8 cm³/mol. The van der Waals surface area contributed by atoms with Gasteiger partial charge in [-0.2, -0.15) is 0 Å². The molecule has 1 atom stereocenters. The second-order valence-electron chi connectivity index (χ2n) is 3.28. The van der Waals surface area contributed by atoms with Crippen LogP contribution in [0.3, 0.4) is 0 Å². The number of para-hydroxylation sites is 1. The van der Waals surface area contributed by atoms with Crippen LogP contribution in [0.5, 0.6) is 0 Å². The lowest BCUT2D eigenvalue weighted by Gasteiger charge is -2.12. The van der Waals surface area contributed by atoms with Gasteiger partial charge in [0.05, 0.1) is 0 Å². The highest BCUT2D eigenvalue weighted by atomic mass is 14.9. The molecule has 2 rings (SSSR count). The van der Waals surface area contributed by atoms with Gasteiger partial charge in [0.2, 0.25) is 0 Å². The summed E-state index contributed by atoms with van der Waals surface area (Å²) in [6.07, 6.45) is 2.48. The Morgan fingerprint density at radius 3 is 2.83 bits per heavy atom. The molecule has 0 radical (unpaired) electrons. The molecule has 12 heavy (non-hydrogen) atoms. The van der Waals surface area contributed by atoms with E-state index in [1.807, 2.05) is 18.2 Å². The first-order valence-electron chi connectivity index (χ1n) is 4.46. The molecule has 0 bridgehead atoms. The Hall–Kier alpha value is -1.02. The highest BCUT2D eigenvalue weighted by Crippen LogP contribution is 2.26. The summed E-state index contributed by atoms with van der Waals surface area (Å²) in [6.45, 7) is 1.12. The van der Waals surface area contributed by atoms with E-state index < -0.39 is 0 Å². The van der Waals surface area contributed by atoms with Gasteiger partial charge in [-0.25, -0.2) is 0 Å². The van der Waals surface area contributed by atoms with E-state index in [0.29, 0.717) is 6.04 Å². The number of nitrogens with one attached hydrogen (secondary N) is 1. The van der Waals surface area contributed by atoms with Crippen molar-refractivity contribution in [2.24, 2.45) is 0 Å². The molecule has 3 N–H and O–H groups in total. The van der Waals surface area contributed by atoms with Crippen molar-refractivity contribution in [2.45, 2.75) is 18.9 Å². The summed E-state index contributed by atoms with van der Waals surface area (Å²) in [6, 6.07) is 8.60. The third kappa shape index (κ3) is 1.30. The molecule has 1 unspecified atom stereocenters. The fourth-order valence-electron chi connectivity index (χ4n) is 1.78. The molecule has 1 aromatic rings. The molecule has 0 amide bonds. The molecule has 1 saturated heterocycles. The SMILES string of the molecule is Nc1ccccc1C1CCCN1. The minimum atomic E-state index is 0.492. The van der Waals surface area contributed by atoms with E-state index in [2.05, 4.69) is 11.4 Å². The number of rotatable bonds is 1. The molecular formula is C10H14N2. The minimum Gasteiger partial charge on any atom is -0.398 e. The summed E-state index contributed by atoms with van der Waals surface area (Å²) < 4.78 is 0. The van der Waals surface area contributed by atoms with Crippen molar-refractivity contribution in [3.05, 3.63) is 29.8 Å². The van der Waals surface area contributed by atoms with E-state index in [4.69, 9.17) is 5.73 Å². The van der Waals surface area contributed by atoms with Crippen LogP contribution in [0.25, 0.3) is 0 Å². The standard InChI is InChI=1S/C10H14N2/c11-9-5-2-1-4-8(9)10-6-3-7-12-10/h1-2,4-5,10,12H,3,6-7,11H2. The molecule has 1 fully saturated rings. The van der Waals surface area contributed by atoms with Gasteiger partial charge in [0.25, 0.3) is 0 Å². The lowest BCUT2D eigenvalue weighted by Crippen LogP contribution is -2.14. The van der Waals surface area contributed by atoms with Crippen LogP contribution in [0.4, 0.5) is 5.69 Å². The number of nitrogen functional groups attached to an aromatic ring is 1. The Kier molecular flexibility index (Phi) is 2.00. The van der Waals surface area contributed by atoms with Crippen molar-refractivity contribution in [2.75, 3.05) is 12.3 Å². The van der Waals surface area contributed by atoms with Crippen LogP contribution in [-0.4, -0.2) is 6.54 Å². The number of nitrogens with two attached hydrogens (primary N) is 1. The van der Waals surface area contributed by atoms with E-state index in [9.17, 15) is 0 Å². The first-order chi connectivity index (χ1) is 5.88. The molecule has 0 saturated carbocycles. The van der Waals surface area contributed by atoms with E-state index in [0.717, 1.165) is 12.2 Å². The maximum Gasteiger partial charge on any atom is 0.0362 e. The number of hydrogen-bond acceptors (Lipinski definition) is 2. The van der Waals surface area contributed by atoms with Crippen molar-refractivity contribution in [3.63, 3.8) is 0 Å². The molecule has 1 aromatic carbocycles. The number of benzene rings is 1. The summed E-state index contributed by atoms with van der Waals surface area (Å²) in [5.74, 6) is 0. The highest BCUT2D eigenvalue weighted by molar-refractivity contribution is 5.48. The van der Waals surface area contributed by atoms with Crippen molar-refractivity contribution in [1.29, 1.82) is 0 Å². The van der Waals surface area contributed by atoms with Crippen molar-refractivity contribution in [1.82, 2.24) is 5.32 Å². The molecule has 0 aliphatic carbocycles. The Bertz CT molecular complexity index is 264. The molecule has 2 heteroatoms. The molecule has 1 aliphatic rings. The summed E-state index contributed by atoms with van der Waals surface area (Å²) >= 11 is 0. The van der Waals surface area contributed by atoms with Crippen LogP contribution >= 0.6 is 0 Å². The first kappa shape index (κ1) is 7.62. The molecule has 1 heterocycles. The van der Waals surface area contributed by atoms with Gasteiger partial charge < -0.3 is 11.1 Å². The summed E-state index contributed by atoms with van der Waals surface area (Å²) in [5.41, 5.74) is 8.03. The van der Waals surface area contributed by atoms with Crippen LogP contribution < -0.4 is 11.1 Å². The molecule has 1 aliphatic heterocycles. The smallest absolute Gasteiger partial charge is 0.0362 e. The number of anilines is 1. The molecular weight excluding hydrogens is 148 g/mol. The van der Waals surface area contributed by atoms with Gasteiger partial charge in [-0.15, -0.1) is 0 Å². The monoisotopic (exact) mass is 162 g/mol. The molecule has 2 nitrogen and oxygen atoms in total. The fraction of sp³-hybridized carbons (Fsp3) is 0.400. The average Bonchev–Trinajstić information content (AvgIpc) is 2.57. The van der Waals surface area contributed by atoms with E-state index in [-0.39, 0.29) is 0 Å². The molecule has 0 spiro atoms. The average molecular weight is 162 g/mol. The molecule has 0 aromatic heterocycles. The zero-order valence-electron chi connectivity index (χ0n) is 7.09. The zero-order chi connectivity index (χ0) is 8.39. The highest BCUT2D eigenvalue weighted by Gasteiger charge is 2.17. The maximum atomic E-state index is 5.86. The Labute approximate surface area is 72.8 Å². The minimum absolute atomic E-state index is 0.492. The third-order valence-electron chi connectivity index (χ3n) is 2.43. The normalized spacial score (nSPS) is 22.8. The van der Waals surface area contributed by atoms with Gasteiger partial charge in [0.1, 0.15) is 0 Å². The summed E-state index contributed by atoms with van der Waals surface area (Å²) in [5, 5.41) is 3.43. The van der Waals surface area contributed by atoms with Gasteiger partial charge in [0.15, 0.2) is 0 Å². The van der Waals surface area contributed by atoms with E-state index >= 15 is 0 Å². The van der Waals surface area contributed by atoms with Gasteiger partial charge in [-0.3, -0.25) is 0 Å². The quantitative estimate of drug-likeness (QED) is 0.617.